The summed E-state index contributed by atoms with van der Waals surface area (Å²) in [6.45, 7) is 2.99. The van der Waals surface area contributed by atoms with Crippen LogP contribution in [0.4, 0.5) is 10.1 Å². The van der Waals surface area contributed by atoms with Gasteiger partial charge in [0, 0.05) is 17.6 Å². The molecule has 212 valence electrons. The van der Waals surface area contributed by atoms with Gasteiger partial charge in [0.1, 0.15) is 18.4 Å². The van der Waals surface area contributed by atoms with Crippen LogP contribution >= 0.6 is 11.6 Å². The summed E-state index contributed by atoms with van der Waals surface area (Å²) in [6, 6.07) is 17.3. The van der Waals surface area contributed by atoms with Crippen LogP contribution in [0, 0.1) is 12.7 Å². The third-order valence-electron chi connectivity index (χ3n) is 7.11. The van der Waals surface area contributed by atoms with Gasteiger partial charge >= 0.3 is 0 Å². The topological polar surface area (TPSA) is 86.8 Å². The van der Waals surface area contributed by atoms with E-state index in [4.69, 9.17) is 11.6 Å². The molecule has 0 aromatic heterocycles. The van der Waals surface area contributed by atoms with Gasteiger partial charge in [0.25, 0.3) is 10.0 Å². The van der Waals surface area contributed by atoms with E-state index in [1.807, 2.05) is 6.92 Å². The minimum absolute atomic E-state index is 0.0526. The lowest BCUT2D eigenvalue weighted by atomic mass is 10.1. The van der Waals surface area contributed by atoms with Gasteiger partial charge in [-0.05, 0) is 80.8 Å². The van der Waals surface area contributed by atoms with E-state index in [-0.39, 0.29) is 29.1 Å². The average molecular weight is 586 g/mol. The predicted molar refractivity (Wildman–Crippen MR) is 154 cm³/mol. The van der Waals surface area contributed by atoms with Crippen molar-refractivity contribution >= 4 is 39.1 Å². The summed E-state index contributed by atoms with van der Waals surface area (Å²) in [4.78, 5) is 28.4. The van der Waals surface area contributed by atoms with E-state index in [1.54, 1.807) is 55.5 Å². The normalized spacial score (nSPS) is 14.5. The number of hydrogen-bond donors (Lipinski definition) is 1. The van der Waals surface area contributed by atoms with Gasteiger partial charge in [-0.25, -0.2) is 12.8 Å². The number of anilines is 1. The molecule has 1 aliphatic rings. The molecule has 0 saturated heterocycles. The maximum Gasteiger partial charge on any atom is 0.264 e. The van der Waals surface area contributed by atoms with Crippen LogP contribution in [0.15, 0.2) is 77.7 Å². The number of benzene rings is 3. The first-order valence-electron chi connectivity index (χ1n) is 13.2. The number of nitrogens with zero attached hydrogens (tertiary/aromatic N) is 2. The Labute approximate surface area is 240 Å². The molecule has 1 N–H and O–H groups in total. The van der Waals surface area contributed by atoms with Crippen LogP contribution < -0.4 is 9.62 Å². The number of nitrogens with one attached hydrogen (secondary N) is 1. The molecule has 40 heavy (non-hydrogen) atoms. The van der Waals surface area contributed by atoms with Gasteiger partial charge in [-0.1, -0.05) is 54.3 Å². The molecule has 0 heterocycles. The highest BCUT2D eigenvalue weighted by atomic mass is 35.5. The molecule has 10 heteroatoms. The fourth-order valence-electron chi connectivity index (χ4n) is 4.78. The Balaban J connectivity index is 1.68. The summed E-state index contributed by atoms with van der Waals surface area (Å²) in [6.07, 6.45) is 3.85. The number of halogens is 2. The van der Waals surface area contributed by atoms with Crippen molar-refractivity contribution in [2.75, 3.05) is 10.8 Å². The maximum atomic E-state index is 13.9. The highest BCUT2D eigenvalue weighted by Crippen LogP contribution is 2.26. The van der Waals surface area contributed by atoms with Crippen molar-refractivity contribution in [1.82, 2.24) is 10.2 Å². The lowest BCUT2D eigenvalue weighted by molar-refractivity contribution is -0.139. The van der Waals surface area contributed by atoms with Gasteiger partial charge in [0.05, 0.1) is 10.6 Å². The highest BCUT2D eigenvalue weighted by Gasteiger charge is 2.33. The van der Waals surface area contributed by atoms with E-state index in [0.29, 0.717) is 10.6 Å². The quantitative estimate of drug-likeness (QED) is 0.342. The van der Waals surface area contributed by atoms with Crippen LogP contribution in [0.1, 0.15) is 43.7 Å². The Morgan fingerprint density at radius 2 is 1.68 bits per heavy atom. The van der Waals surface area contributed by atoms with Gasteiger partial charge in [-0.2, -0.15) is 0 Å². The smallest absolute Gasteiger partial charge is 0.264 e. The number of carbonyl (C=O) groups is 2. The fourth-order valence-corrected chi connectivity index (χ4v) is 6.41. The van der Waals surface area contributed by atoms with Crippen molar-refractivity contribution in [3.8, 4) is 0 Å². The third-order valence-corrected chi connectivity index (χ3v) is 9.14. The molecule has 1 fully saturated rings. The van der Waals surface area contributed by atoms with Gasteiger partial charge in [0.2, 0.25) is 11.8 Å². The van der Waals surface area contributed by atoms with E-state index >= 15 is 0 Å². The highest BCUT2D eigenvalue weighted by molar-refractivity contribution is 7.92. The van der Waals surface area contributed by atoms with Gasteiger partial charge in [0.15, 0.2) is 0 Å². The first-order valence-corrected chi connectivity index (χ1v) is 15.1. The van der Waals surface area contributed by atoms with Crippen molar-refractivity contribution in [2.24, 2.45) is 0 Å². The molecule has 0 aliphatic heterocycles. The van der Waals surface area contributed by atoms with E-state index in [2.05, 4.69) is 5.32 Å². The van der Waals surface area contributed by atoms with E-state index in [9.17, 15) is 22.4 Å². The van der Waals surface area contributed by atoms with Crippen molar-refractivity contribution < 1.29 is 22.4 Å². The molecular formula is C30H33ClFN3O4S. The number of sulfonamides is 1. The van der Waals surface area contributed by atoms with Crippen LogP contribution in [0.5, 0.6) is 0 Å². The first kappa shape index (κ1) is 29.6. The number of aryl methyl sites for hydroxylation is 1. The maximum absolute atomic E-state index is 13.9. The molecule has 4 rings (SSSR count). The second-order valence-corrected chi connectivity index (χ2v) is 12.4. The lowest BCUT2D eigenvalue weighted by Crippen LogP contribution is -2.52. The van der Waals surface area contributed by atoms with Crippen molar-refractivity contribution in [3.05, 3.63) is 94.8 Å². The minimum Gasteiger partial charge on any atom is -0.352 e. The number of hydrogen-bond acceptors (Lipinski definition) is 4. The Kier molecular flexibility index (Phi) is 9.48. The molecule has 1 aliphatic carbocycles. The zero-order chi connectivity index (χ0) is 28.9. The van der Waals surface area contributed by atoms with E-state index < -0.39 is 34.3 Å². The lowest BCUT2D eigenvalue weighted by Gasteiger charge is -2.32. The van der Waals surface area contributed by atoms with Crippen molar-refractivity contribution in [2.45, 2.75) is 63.1 Å². The zero-order valence-corrected chi connectivity index (χ0v) is 24.1. The molecule has 0 bridgehead atoms. The summed E-state index contributed by atoms with van der Waals surface area (Å²) in [5, 5.41) is 3.52. The molecule has 3 aromatic carbocycles. The van der Waals surface area contributed by atoms with Crippen LogP contribution in [-0.4, -0.2) is 43.8 Å². The zero-order valence-electron chi connectivity index (χ0n) is 22.5. The SMILES string of the molecule is Cc1ccc(N(CC(=O)N(Cc2cccc(Cl)c2)[C@H](C)C(=O)NC2CCCC2)S(=O)(=O)c2ccc(F)cc2)cc1. The van der Waals surface area contributed by atoms with Gasteiger partial charge in [-0.15, -0.1) is 0 Å². The Hall–Kier alpha value is -3.43. The summed E-state index contributed by atoms with van der Waals surface area (Å²) >= 11 is 6.18. The average Bonchev–Trinajstić information content (AvgIpc) is 3.44. The molecule has 0 unspecified atom stereocenters. The Morgan fingerprint density at radius 3 is 2.30 bits per heavy atom. The molecule has 1 atom stereocenters. The largest absolute Gasteiger partial charge is 0.352 e. The van der Waals surface area contributed by atoms with Crippen LogP contribution in [0.3, 0.4) is 0 Å². The van der Waals surface area contributed by atoms with Crippen molar-refractivity contribution in [1.29, 1.82) is 0 Å². The second kappa shape index (κ2) is 12.8. The summed E-state index contributed by atoms with van der Waals surface area (Å²) < 4.78 is 42.1. The summed E-state index contributed by atoms with van der Waals surface area (Å²) in [5.74, 6) is -1.45. The third kappa shape index (κ3) is 7.20. The van der Waals surface area contributed by atoms with Gasteiger partial charge in [-0.3, -0.25) is 13.9 Å². The Morgan fingerprint density at radius 1 is 1.02 bits per heavy atom. The van der Waals surface area contributed by atoms with Crippen molar-refractivity contribution in [3.63, 3.8) is 0 Å². The number of amides is 2. The number of rotatable bonds is 10. The number of carbonyl (C=O) groups excluding carboxylic acids is 2. The van der Waals surface area contributed by atoms with Crippen LogP contribution in [-0.2, 0) is 26.2 Å². The summed E-state index contributed by atoms with van der Waals surface area (Å²) in [7, 11) is -4.26. The minimum atomic E-state index is -4.26. The molecule has 7 nitrogen and oxygen atoms in total. The molecule has 0 spiro atoms. The predicted octanol–water partition coefficient (Wildman–Crippen LogP) is 5.46. The first-order chi connectivity index (χ1) is 19.0. The van der Waals surface area contributed by atoms with E-state index in [1.165, 1.54) is 4.90 Å². The molecule has 3 aromatic rings. The van der Waals surface area contributed by atoms with E-state index in [0.717, 1.165) is 59.8 Å². The second-order valence-electron chi connectivity index (χ2n) is 10.1. The van der Waals surface area contributed by atoms with Gasteiger partial charge < -0.3 is 10.2 Å². The standard InChI is InChI=1S/C30H33ClFN3O4S/c1-21-10-14-27(15-11-21)35(40(38,39)28-16-12-25(32)13-17-28)20-29(36)34(19-23-6-5-7-24(31)18-23)22(2)30(37)33-26-8-3-4-9-26/h5-7,10-18,22,26H,3-4,8-9,19-20H2,1-2H3,(H,33,37)/t22-/m1/s1. The Bertz CT molecular complexity index is 1440. The fraction of sp³-hybridized carbons (Fsp3) is 0.333. The summed E-state index contributed by atoms with van der Waals surface area (Å²) in [5.41, 5.74) is 1.88. The van der Waals surface area contributed by atoms with Crippen LogP contribution in [0.25, 0.3) is 0 Å². The molecule has 0 radical (unpaired) electrons. The van der Waals surface area contributed by atoms with Crippen LogP contribution in [0.2, 0.25) is 5.02 Å². The molecular weight excluding hydrogens is 553 g/mol. The monoisotopic (exact) mass is 585 g/mol. The molecule has 2 amide bonds. The molecule has 1 saturated carbocycles.